The lowest BCUT2D eigenvalue weighted by molar-refractivity contribution is 0.0163. The molecule has 2 aromatic carbocycles. The Balaban J connectivity index is 2.15. The second-order valence-electron chi connectivity index (χ2n) is 6.41. The van der Waals surface area contributed by atoms with Crippen LogP contribution < -0.4 is 4.72 Å². The number of aliphatic hydroxyl groups excluding tert-OH is 1. The third-order valence-electron chi connectivity index (χ3n) is 4.23. The van der Waals surface area contributed by atoms with Crippen molar-refractivity contribution >= 4 is 10.0 Å². The van der Waals surface area contributed by atoms with Crippen LogP contribution in [0.2, 0.25) is 0 Å². The van der Waals surface area contributed by atoms with Crippen molar-refractivity contribution in [3.63, 3.8) is 0 Å². The molecule has 0 bridgehead atoms. The van der Waals surface area contributed by atoms with E-state index in [1.165, 1.54) is 0 Å². The minimum atomic E-state index is -3.72. The van der Waals surface area contributed by atoms with E-state index < -0.39 is 22.2 Å². The highest BCUT2D eigenvalue weighted by Crippen LogP contribution is 2.17. The molecule has 2 rings (SSSR count). The van der Waals surface area contributed by atoms with Gasteiger partial charge in [-0.2, -0.15) is 0 Å². The molecule has 0 saturated heterocycles. The number of hydrogen-bond donors (Lipinski definition) is 2. The molecule has 0 radical (unpaired) electrons. The lowest BCUT2D eigenvalue weighted by Crippen LogP contribution is -2.44. The van der Waals surface area contributed by atoms with E-state index in [0.717, 1.165) is 11.1 Å². The van der Waals surface area contributed by atoms with E-state index in [0.29, 0.717) is 13.0 Å². The Morgan fingerprint density at radius 1 is 1.15 bits per heavy atom. The summed E-state index contributed by atoms with van der Waals surface area (Å²) >= 11 is 0. The van der Waals surface area contributed by atoms with Crippen LogP contribution in [0.5, 0.6) is 0 Å². The molecule has 2 aromatic rings. The maximum absolute atomic E-state index is 12.7. The highest BCUT2D eigenvalue weighted by Gasteiger charge is 2.27. The highest BCUT2D eigenvalue weighted by molar-refractivity contribution is 7.89. The molecule has 0 heterocycles. The average Bonchev–Trinajstić information content (AvgIpc) is 2.66. The molecular formula is C21H27NO4S. The maximum atomic E-state index is 12.7. The van der Waals surface area contributed by atoms with Crippen molar-refractivity contribution in [3.8, 4) is 0 Å². The van der Waals surface area contributed by atoms with Crippen molar-refractivity contribution in [1.82, 2.24) is 4.72 Å². The summed E-state index contributed by atoms with van der Waals surface area (Å²) in [6, 6.07) is 15.7. The Morgan fingerprint density at radius 2 is 1.81 bits per heavy atom. The molecule has 0 aromatic heterocycles. The van der Waals surface area contributed by atoms with Gasteiger partial charge in [0.1, 0.15) is 0 Å². The molecule has 146 valence electrons. The fraction of sp³-hybridized carbons (Fsp3) is 0.333. The fourth-order valence-electron chi connectivity index (χ4n) is 2.73. The predicted molar refractivity (Wildman–Crippen MR) is 107 cm³/mol. The molecule has 0 spiro atoms. The zero-order valence-corrected chi connectivity index (χ0v) is 16.4. The Bertz CT molecular complexity index is 804. The summed E-state index contributed by atoms with van der Waals surface area (Å²) in [5.41, 5.74) is 1.98. The smallest absolute Gasteiger partial charge is 0.240 e. The average molecular weight is 390 g/mol. The molecule has 2 atom stereocenters. The van der Waals surface area contributed by atoms with Crippen LogP contribution in [-0.4, -0.2) is 32.3 Å². The van der Waals surface area contributed by atoms with Gasteiger partial charge in [-0.05, 0) is 37.5 Å². The first kappa shape index (κ1) is 21.3. The number of ether oxygens (including phenoxy) is 1. The van der Waals surface area contributed by atoms with Gasteiger partial charge in [-0.3, -0.25) is 0 Å². The molecule has 0 aliphatic rings. The van der Waals surface area contributed by atoms with E-state index in [-0.39, 0.29) is 17.9 Å². The summed E-state index contributed by atoms with van der Waals surface area (Å²) in [5, 5.41) is 9.43. The third kappa shape index (κ3) is 6.59. The SMILES string of the molecule is C=CC[C@H](OCc1ccccc1)[C@H](CCO)NS(=O)(=O)c1ccc(C)cc1. The van der Waals surface area contributed by atoms with Gasteiger partial charge in [-0.15, -0.1) is 6.58 Å². The van der Waals surface area contributed by atoms with Gasteiger partial charge in [0.05, 0.1) is 23.6 Å². The summed E-state index contributed by atoms with van der Waals surface area (Å²) in [7, 11) is -3.72. The van der Waals surface area contributed by atoms with Gasteiger partial charge < -0.3 is 9.84 Å². The van der Waals surface area contributed by atoms with Gasteiger partial charge in [0.15, 0.2) is 0 Å². The first-order chi connectivity index (χ1) is 13.0. The van der Waals surface area contributed by atoms with Crippen LogP contribution in [0.3, 0.4) is 0 Å². The standard InChI is InChI=1S/C21H27NO4S/c1-3-7-21(26-16-18-8-5-4-6-9-18)20(14-15-23)22-27(24,25)19-12-10-17(2)11-13-19/h3-6,8-13,20-23H,1,7,14-16H2,2H3/t20-,21-/m0/s1. The zero-order valence-electron chi connectivity index (χ0n) is 15.5. The minimum absolute atomic E-state index is 0.149. The number of aryl methyl sites for hydroxylation is 1. The second-order valence-corrected chi connectivity index (χ2v) is 8.13. The quantitative estimate of drug-likeness (QED) is 0.579. The molecule has 0 unspecified atom stereocenters. The minimum Gasteiger partial charge on any atom is -0.396 e. The van der Waals surface area contributed by atoms with Crippen LogP contribution in [0, 0.1) is 6.92 Å². The predicted octanol–water partition coefficient (Wildman–Crippen LogP) is 3.19. The Morgan fingerprint density at radius 3 is 2.41 bits per heavy atom. The number of hydrogen-bond acceptors (Lipinski definition) is 4. The first-order valence-electron chi connectivity index (χ1n) is 8.92. The van der Waals surface area contributed by atoms with Gasteiger partial charge in [0, 0.05) is 6.61 Å². The normalized spacial score (nSPS) is 13.9. The Hall–Kier alpha value is -1.99. The fourth-order valence-corrected chi connectivity index (χ4v) is 4.03. The van der Waals surface area contributed by atoms with Gasteiger partial charge in [-0.25, -0.2) is 13.1 Å². The molecule has 2 N–H and O–H groups in total. The summed E-state index contributed by atoms with van der Waals surface area (Å²) in [5.74, 6) is 0. The van der Waals surface area contributed by atoms with Crippen molar-refractivity contribution in [3.05, 3.63) is 78.4 Å². The molecule has 0 aliphatic heterocycles. The van der Waals surface area contributed by atoms with E-state index >= 15 is 0 Å². The number of rotatable bonds is 11. The van der Waals surface area contributed by atoms with Crippen LogP contribution in [0.4, 0.5) is 0 Å². The van der Waals surface area contributed by atoms with Crippen LogP contribution in [0.25, 0.3) is 0 Å². The Labute approximate surface area is 161 Å². The van der Waals surface area contributed by atoms with Crippen molar-refractivity contribution in [2.24, 2.45) is 0 Å². The lowest BCUT2D eigenvalue weighted by Gasteiger charge is -2.27. The van der Waals surface area contributed by atoms with Crippen molar-refractivity contribution in [2.75, 3.05) is 6.61 Å². The third-order valence-corrected chi connectivity index (χ3v) is 5.74. The zero-order chi connectivity index (χ0) is 19.7. The summed E-state index contributed by atoms with van der Waals surface area (Å²) < 4.78 is 34.1. The summed E-state index contributed by atoms with van der Waals surface area (Å²) in [4.78, 5) is 0.191. The highest BCUT2D eigenvalue weighted by atomic mass is 32.2. The van der Waals surface area contributed by atoms with Crippen LogP contribution in [0.1, 0.15) is 24.0 Å². The maximum Gasteiger partial charge on any atom is 0.240 e. The topological polar surface area (TPSA) is 75.6 Å². The van der Waals surface area contributed by atoms with Gasteiger partial charge in [-0.1, -0.05) is 54.1 Å². The summed E-state index contributed by atoms with van der Waals surface area (Å²) in [6.45, 7) is 5.85. The van der Waals surface area contributed by atoms with E-state index in [9.17, 15) is 13.5 Å². The van der Waals surface area contributed by atoms with Crippen LogP contribution in [0.15, 0.2) is 72.1 Å². The van der Waals surface area contributed by atoms with Crippen molar-refractivity contribution in [1.29, 1.82) is 0 Å². The van der Waals surface area contributed by atoms with Gasteiger partial charge in [0.25, 0.3) is 0 Å². The molecule has 6 heteroatoms. The largest absolute Gasteiger partial charge is 0.396 e. The number of nitrogens with one attached hydrogen (secondary N) is 1. The van der Waals surface area contributed by atoms with Gasteiger partial charge >= 0.3 is 0 Å². The number of aliphatic hydroxyl groups is 1. The number of benzene rings is 2. The van der Waals surface area contributed by atoms with Gasteiger partial charge in [0.2, 0.25) is 10.0 Å². The first-order valence-corrected chi connectivity index (χ1v) is 10.4. The van der Waals surface area contributed by atoms with Crippen LogP contribution in [-0.2, 0) is 21.4 Å². The van der Waals surface area contributed by atoms with E-state index in [1.54, 1.807) is 30.3 Å². The molecule has 0 fully saturated rings. The lowest BCUT2D eigenvalue weighted by atomic mass is 10.1. The van der Waals surface area contributed by atoms with E-state index in [2.05, 4.69) is 11.3 Å². The van der Waals surface area contributed by atoms with E-state index in [4.69, 9.17) is 4.74 Å². The molecule has 0 aliphatic carbocycles. The van der Waals surface area contributed by atoms with Crippen molar-refractivity contribution in [2.45, 2.75) is 43.4 Å². The molecule has 0 amide bonds. The van der Waals surface area contributed by atoms with Crippen molar-refractivity contribution < 1.29 is 18.3 Å². The summed E-state index contributed by atoms with van der Waals surface area (Å²) in [6.07, 6.45) is 1.97. The molecule has 27 heavy (non-hydrogen) atoms. The van der Waals surface area contributed by atoms with E-state index in [1.807, 2.05) is 37.3 Å². The monoisotopic (exact) mass is 389 g/mol. The molecular weight excluding hydrogens is 362 g/mol. The van der Waals surface area contributed by atoms with Crippen LogP contribution >= 0.6 is 0 Å². The Kier molecular flexibility index (Phi) is 8.19. The second kappa shape index (κ2) is 10.4. The number of sulfonamides is 1. The molecule has 5 nitrogen and oxygen atoms in total. The molecule has 0 saturated carbocycles.